The van der Waals surface area contributed by atoms with Crippen LogP contribution in [0.25, 0.3) is 0 Å². The van der Waals surface area contributed by atoms with Crippen LogP contribution >= 0.6 is 0 Å². The molecule has 0 aliphatic carbocycles. The molecule has 0 saturated heterocycles. The molecule has 0 aliphatic rings. The molecule has 5 N–H and O–H groups in total. The molecule has 4 rings (SSSR count). The second kappa shape index (κ2) is 24.0. The average molecular weight is 846 g/mol. The minimum absolute atomic E-state index is 0.00824. The molecule has 60 heavy (non-hydrogen) atoms. The molecule has 2 unspecified atom stereocenters. The number of Topliss-reactive ketones (excluding diaryl/α,β-unsaturated/α-hetero) is 2. The second-order valence-corrected chi connectivity index (χ2v) is 13.4. The number of benzene rings is 3. The fourth-order valence-corrected chi connectivity index (χ4v) is 5.74. The van der Waals surface area contributed by atoms with Gasteiger partial charge in [-0.05, 0) is 87.5 Å². The lowest BCUT2D eigenvalue weighted by Crippen LogP contribution is -2.43. The first-order valence-corrected chi connectivity index (χ1v) is 19.1. The van der Waals surface area contributed by atoms with Gasteiger partial charge in [0.1, 0.15) is 19.0 Å². The van der Waals surface area contributed by atoms with Crippen molar-refractivity contribution in [3.8, 4) is 17.2 Å². The number of nitrogens with one attached hydrogen (secondary N) is 3. The molecule has 18 heteroatoms. The Kier molecular flexibility index (Phi) is 18.6. The fraction of sp³-hybridized carbons (Fsp3) is 0.357. The smallest absolute Gasteiger partial charge is 0.252 e. The highest BCUT2D eigenvalue weighted by molar-refractivity contribution is 5.99. The number of rotatable bonds is 26. The summed E-state index contributed by atoms with van der Waals surface area (Å²) < 4.78 is 99.0. The quantitative estimate of drug-likeness (QED) is 0.0314. The summed E-state index contributed by atoms with van der Waals surface area (Å²) in [6.45, 7) is -1.61. The highest BCUT2D eigenvalue weighted by atomic mass is 19.2. The summed E-state index contributed by atoms with van der Waals surface area (Å²) in [4.78, 5) is 56.3. The molecule has 0 spiro atoms. The molecular weight excluding hydrogens is 800 g/mol. The first-order valence-electron chi connectivity index (χ1n) is 19.1. The monoisotopic (exact) mass is 845 g/mol. The highest BCUT2D eigenvalue weighted by Crippen LogP contribution is 2.24. The Balaban J connectivity index is 1.42. The van der Waals surface area contributed by atoms with Crippen molar-refractivity contribution in [2.24, 2.45) is 5.73 Å². The number of hydrogen-bond donors (Lipinski definition) is 4. The lowest BCUT2D eigenvalue weighted by molar-refractivity contribution is -0.123. The molecular formula is C42H45F6N5O7. The molecule has 2 amide bonds. The molecule has 322 valence electrons. The third-order valence-electron chi connectivity index (χ3n) is 8.84. The van der Waals surface area contributed by atoms with Gasteiger partial charge >= 0.3 is 0 Å². The number of ketones is 2. The molecule has 4 aromatic rings. The largest absolute Gasteiger partial charge is 0.493 e. The van der Waals surface area contributed by atoms with Crippen molar-refractivity contribution in [2.45, 2.75) is 57.0 Å². The van der Waals surface area contributed by atoms with Crippen LogP contribution in [0.4, 0.5) is 32.0 Å². The first-order chi connectivity index (χ1) is 28.9. The van der Waals surface area contributed by atoms with Crippen LogP contribution in [0, 0.1) is 29.2 Å². The molecule has 0 aliphatic heterocycles. The molecule has 2 atom stereocenters. The fourth-order valence-electron chi connectivity index (χ4n) is 5.74. The lowest BCUT2D eigenvalue weighted by Gasteiger charge is -2.19. The standard InChI is InChI=1S/C42H45F6N5O7/c43-15-7-19-58-29-21-27(42(57)53-34(12-1-3-16-49)36(54)24-59-39-30(44)8-5-9-31(39)45)20-28(23-29)50-17-4-2-13-35(52-41(56)26-14-18-51-38(48)22-26)37(55)25-60-40-32(46)10-6-11-33(40)47/h5-6,8-11,14,18,20-23,34-35,50H,1-4,7,12-13,15-17,19,24-25,49H2,(H,52,56)(H,53,57). The van der Waals surface area contributed by atoms with Gasteiger partial charge in [-0.25, -0.2) is 22.5 Å². The minimum atomic E-state index is -1.21. The van der Waals surface area contributed by atoms with Gasteiger partial charge in [0.25, 0.3) is 11.8 Å². The number of carbonyl (C=O) groups excluding carboxylic acids is 4. The van der Waals surface area contributed by atoms with Gasteiger partial charge in [0, 0.05) is 48.1 Å². The van der Waals surface area contributed by atoms with Gasteiger partial charge in [0.05, 0.1) is 25.4 Å². The Bertz CT molecular complexity index is 2040. The average Bonchev–Trinajstić information content (AvgIpc) is 3.22. The summed E-state index contributed by atoms with van der Waals surface area (Å²) in [5, 5.41) is 8.31. The van der Waals surface area contributed by atoms with E-state index < -0.39 is 96.1 Å². The zero-order valence-corrected chi connectivity index (χ0v) is 32.4. The zero-order chi connectivity index (χ0) is 43.4. The minimum Gasteiger partial charge on any atom is -0.493 e. The summed E-state index contributed by atoms with van der Waals surface area (Å²) in [6, 6.07) is 10.4. The van der Waals surface area contributed by atoms with E-state index in [2.05, 4.69) is 20.9 Å². The van der Waals surface area contributed by atoms with Gasteiger partial charge in [0.15, 0.2) is 46.3 Å². The molecule has 3 aromatic carbocycles. The first kappa shape index (κ1) is 46.5. The van der Waals surface area contributed by atoms with E-state index in [9.17, 15) is 45.5 Å². The number of amides is 2. The van der Waals surface area contributed by atoms with Gasteiger partial charge in [0.2, 0.25) is 5.95 Å². The van der Waals surface area contributed by atoms with E-state index in [1.54, 1.807) is 6.07 Å². The normalized spacial score (nSPS) is 11.9. The second-order valence-electron chi connectivity index (χ2n) is 13.4. The molecule has 0 saturated carbocycles. The number of anilines is 1. The topological polar surface area (TPSA) is 171 Å². The Hall–Kier alpha value is -6.17. The van der Waals surface area contributed by atoms with Gasteiger partial charge in [-0.15, -0.1) is 0 Å². The number of para-hydroxylation sites is 2. The number of carbonyl (C=O) groups is 4. The van der Waals surface area contributed by atoms with Gasteiger partial charge in [-0.2, -0.15) is 4.39 Å². The van der Waals surface area contributed by atoms with Crippen molar-refractivity contribution in [3.63, 3.8) is 0 Å². The van der Waals surface area contributed by atoms with Crippen LogP contribution in [-0.4, -0.2) is 80.0 Å². The number of alkyl halides is 1. The summed E-state index contributed by atoms with van der Waals surface area (Å²) in [5.74, 6) is -9.13. The molecule has 1 aromatic heterocycles. The summed E-state index contributed by atoms with van der Waals surface area (Å²) in [5.41, 5.74) is 5.94. The van der Waals surface area contributed by atoms with E-state index in [1.807, 2.05) is 0 Å². The predicted octanol–water partition coefficient (Wildman–Crippen LogP) is 6.42. The summed E-state index contributed by atoms with van der Waals surface area (Å²) >= 11 is 0. The van der Waals surface area contributed by atoms with Crippen molar-refractivity contribution in [2.75, 3.05) is 44.9 Å². The number of halogens is 6. The molecule has 12 nitrogen and oxygen atoms in total. The van der Waals surface area contributed by atoms with E-state index in [-0.39, 0.29) is 49.3 Å². The van der Waals surface area contributed by atoms with E-state index in [0.29, 0.717) is 37.9 Å². The van der Waals surface area contributed by atoms with Gasteiger partial charge in [-0.3, -0.25) is 23.6 Å². The van der Waals surface area contributed by atoms with Gasteiger partial charge < -0.3 is 35.9 Å². The summed E-state index contributed by atoms with van der Waals surface area (Å²) in [7, 11) is 0. The molecule has 0 bridgehead atoms. The van der Waals surface area contributed by atoms with E-state index in [4.69, 9.17) is 19.9 Å². The van der Waals surface area contributed by atoms with E-state index >= 15 is 0 Å². The number of hydrogen-bond acceptors (Lipinski definition) is 10. The maximum absolute atomic E-state index is 14.1. The molecule has 0 radical (unpaired) electrons. The van der Waals surface area contributed by atoms with Crippen molar-refractivity contribution in [1.82, 2.24) is 15.6 Å². The number of unbranched alkanes of at least 4 members (excludes halogenated alkanes) is 2. The Morgan fingerprint density at radius 3 is 1.73 bits per heavy atom. The van der Waals surface area contributed by atoms with Crippen LogP contribution in [0.1, 0.15) is 65.7 Å². The van der Waals surface area contributed by atoms with Crippen LogP contribution < -0.4 is 35.9 Å². The number of nitrogens with two attached hydrogens (primary N) is 1. The van der Waals surface area contributed by atoms with Crippen molar-refractivity contribution >= 4 is 29.1 Å². The molecule has 1 heterocycles. The van der Waals surface area contributed by atoms with Gasteiger partial charge in [-0.1, -0.05) is 12.1 Å². The van der Waals surface area contributed by atoms with Crippen molar-refractivity contribution < 1.29 is 59.7 Å². The number of nitrogens with zero attached hydrogens (tertiary/aromatic N) is 1. The van der Waals surface area contributed by atoms with Crippen molar-refractivity contribution in [1.29, 1.82) is 0 Å². The number of pyridine rings is 1. The third kappa shape index (κ3) is 14.6. The Morgan fingerprint density at radius 2 is 1.20 bits per heavy atom. The van der Waals surface area contributed by atoms with Crippen LogP contribution in [0.3, 0.4) is 0 Å². The SMILES string of the molecule is NCCCCC(NC(=O)c1cc(NCCCCC(NC(=O)c2ccnc(F)c2)C(=O)COc2c(F)cccc2F)cc(OCCCF)c1)C(=O)COc1c(F)cccc1F. The van der Waals surface area contributed by atoms with Crippen LogP contribution in [-0.2, 0) is 9.59 Å². The number of ether oxygens (including phenoxy) is 3. The maximum atomic E-state index is 14.1. The van der Waals surface area contributed by atoms with E-state index in [1.165, 1.54) is 18.2 Å². The Labute approximate surface area is 342 Å². The van der Waals surface area contributed by atoms with Crippen LogP contribution in [0.2, 0.25) is 0 Å². The third-order valence-corrected chi connectivity index (χ3v) is 8.84. The predicted molar refractivity (Wildman–Crippen MR) is 208 cm³/mol. The van der Waals surface area contributed by atoms with Crippen molar-refractivity contribution in [3.05, 3.63) is 113 Å². The van der Waals surface area contributed by atoms with Crippen LogP contribution in [0.5, 0.6) is 17.2 Å². The maximum Gasteiger partial charge on any atom is 0.252 e. The summed E-state index contributed by atoms with van der Waals surface area (Å²) in [6.07, 6.45) is 2.98. The zero-order valence-electron chi connectivity index (χ0n) is 32.4. The number of aromatic nitrogens is 1. The highest BCUT2D eigenvalue weighted by Gasteiger charge is 2.25. The lowest BCUT2D eigenvalue weighted by atomic mass is 10.0. The Morgan fingerprint density at radius 1 is 0.650 bits per heavy atom. The molecule has 0 fully saturated rings. The van der Waals surface area contributed by atoms with Crippen LogP contribution in [0.15, 0.2) is 72.9 Å². The van der Waals surface area contributed by atoms with E-state index in [0.717, 1.165) is 48.7 Å².